The summed E-state index contributed by atoms with van der Waals surface area (Å²) in [6.07, 6.45) is 0.450. The van der Waals surface area contributed by atoms with Gasteiger partial charge < -0.3 is 23.4 Å². The van der Waals surface area contributed by atoms with E-state index in [1.54, 1.807) is 20.3 Å². The van der Waals surface area contributed by atoms with Crippen molar-refractivity contribution in [1.29, 1.82) is 0 Å². The number of benzene rings is 1. The molecule has 1 aromatic rings. The van der Waals surface area contributed by atoms with Gasteiger partial charge in [0.1, 0.15) is 24.1 Å². The van der Waals surface area contributed by atoms with E-state index in [0.717, 1.165) is 11.3 Å². The third-order valence-electron chi connectivity index (χ3n) is 5.51. The molecular formula is C21H34O5Si. The van der Waals surface area contributed by atoms with Gasteiger partial charge in [0.2, 0.25) is 0 Å². The normalized spacial score (nSPS) is 26.2. The number of hydrogen-bond donors (Lipinski definition) is 0. The van der Waals surface area contributed by atoms with Crippen LogP contribution in [0, 0.1) is 0 Å². The van der Waals surface area contributed by atoms with E-state index in [2.05, 4.69) is 40.4 Å². The minimum absolute atomic E-state index is 0.0814. The predicted molar refractivity (Wildman–Crippen MR) is 110 cm³/mol. The quantitative estimate of drug-likeness (QED) is 0.479. The van der Waals surface area contributed by atoms with E-state index < -0.39 is 14.6 Å². The first-order valence-corrected chi connectivity index (χ1v) is 12.3. The van der Waals surface area contributed by atoms with Gasteiger partial charge in [-0.1, -0.05) is 39.0 Å². The predicted octanol–water partition coefficient (Wildman–Crippen LogP) is 4.53. The maximum Gasteiger partial charge on any atom is 0.192 e. The van der Waals surface area contributed by atoms with Gasteiger partial charge in [-0.25, -0.2) is 0 Å². The fraction of sp³-hybridized carbons (Fsp3) is 0.619. The highest BCUT2D eigenvalue weighted by Crippen LogP contribution is 2.40. The number of hydrogen-bond acceptors (Lipinski definition) is 5. The third-order valence-corrected chi connectivity index (χ3v) is 9.98. The fourth-order valence-electron chi connectivity index (χ4n) is 2.77. The maximum atomic E-state index is 6.63. The van der Waals surface area contributed by atoms with Crippen LogP contribution in [0.2, 0.25) is 18.1 Å². The second-order valence-corrected chi connectivity index (χ2v) is 13.2. The van der Waals surface area contributed by atoms with E-state index in [9.17, 15) is 0 Å². The van der Waals surface area contributed by atoms with E-state index in [0.29, 0.717) is 6.61 Å². The Labute approximate surface area is 164 Å². The van der Waals surface area contributed by atoms with Crippen LogP contribution in [-0.4, -0.2) is 47.1 Å². The van der Waals surface area contributed by atoms with Crippen LogP contribution in [0.5, 0.6) is 5.75 Å². The number of methoxy groups -OCH3 is 2. The summed E-state index contributed by atoms with van der Waals surface area (Å²) >= 11 is 0. The summed E-state index contributed by atoms with van der Waals surface area (Å²) in [7, 11) is 1.27. The standard InChI is InChI=1S/C21H34O5Si/c1-9-17-18(24-14-15-10-12-16(22-5)13-11-15)19(20(23-6)25-17)26-27(7,8)21(2,3)4/h9-13,17-20H,1,14H2,2-8H3/t17-,18-,19?,20+/m1/s1. The van der Waals surface area contributed by atoms with Crippen LogP contribution < -0.4 is 4.74 Å². The zero-order chi connectivity index (χ0) is 20.2. The Morgan fingerprint density at radius 1 is 1.11 bits per heavy atom. The van der Waals surface area contributed by atoms with Crippen LogP contribution >= 0.6 is 0 Å². The van der Waals surface area contributed by atoms with Crippen molar-refractivity contribution in [3.8, 4) is 5.75 Å². The largest absolute Gasteiger partial charge is 0.497 e. The molecule has 1 unspecified atom stereocenters. The van der Waals surface area contributed by atoms with Crippen LogP contribution in [0.25, 0.3) is 0 Å². The SMILES string of the molecule is C=C[C@H]1O[C@H](OC)C(O[Si](C)(C)C(C)(C)C)[C@@H]1OCc1ccc(OC)cc1. The average Bonchev–Trinajstić information content (AvgIpc) is 2.95. The van der Waals surface area contributed by atoms with Gasteiger partial charge in [-0.05, 0) is 35.8 Å². The van der Waals surface area contributed by atoms with Crippen molar-refractivity contribution in [2.45, 2.75) is 70.1 Å². The van der Waals surface area contributed by atoms with Crippen molar-refractivity contribution < 1.29 is 23.4 Å². The Morgan fingerprint density at radius 2 is 1.74 bits per heavy atom. The summed E-state index contributed by atoms with van der Waals surface area (Å²) in [5, 5.41) is 0.0814. The zero-order valence-corrected chi connectivity index (χ0v) is 18.7. The van der Waals surface area contributed by atoms with Crippen LogP contribution in [0.4, 0.5) is 0 Å². The number of ether oxygens (including phenoxy) is 4. The minimum Gasteiger partial charge on any atom is -0.497 e. The summed E-state index contributed by atoms with van der Waals surface area (Å²) in [5.41, 5.74) is 1.06. The van der Waals surface area contributed by atoms with Gasteiger partial charge in [0, 0.05) is 7.11 Å². The molecule has 0 radical (unpaired) electrons. The van der Waals surface area contributed by atoms with E-state index >= 15 is 0 Å². The molecule has 4 atom stereocenters. The van der Waals surface area contributed by atoms with Gasteiger partial charge in [-0.15, -0.1) is 6.58 Å². The highest BCUT2D eigenvalue weighted by atomic mass is 28.4. The molecule has 0 amide bonds. The molecular weight excluding hydrogens is 360 g/mol. The first-order valence-electron chi connectivity index (χ1n) is 9.36. The molecule has 1 aliphatic heterocycles. The average molecular weight is 395 g/mol. The van der Waals surface area contributed by atoms with Crippen LogP contribution in [0.15, 0.2) is 36.9 Å². The molecule has 6 heteroatoms. The van der Waals surface area contributed by atoms with Crippen LogP contribution in [-0.2, 0) is 25.2 Å². The molecule has 0 aromatic heterocycles. The van der Waals surface area contributed by atoms with Crippen molar-refractivity contribution >= 4 is 8.32 Å². The van der Waals surface area contributed by atoms with E-state index in [1.807, 2.05) is 24.3 Å². The molecule has 0 bridgehead atoms. The summed E-state index contributed by atoms with van der Waals surface area (Å²) in [5.74, 6) is 0.825. The maximum absolute atomic E-state index is 6.63. The summed E-state index contributed by atoms with van der Waals surface area (Å²) in [6.45, 7) is 15.5. The molecule has 0 N–H and O–H groups in total. The molecule has 0 aliphatic carbocycles. The first-order chi connectivity index (χ1) is 12.6. The lowest BCUT2D eigenvalue weighted by Gasteiger charge is -2.40. The molecule has 5 nitrogen and oxygen atoms in total. The molecule has 1 saturated heterocycles. The molecule has 0 spiro atoms. The summed E-state index contributed by atoms with van der Waals surface area (Å²) < 4.78 is 29.6. The third kappa shape index (κ3) is 5.21. The lowest BCUT2D eigenvalue weighted by molar-refractivity contribution is -0.139. The smallest absolute Gasteiger partial charge is 0.192 e. The first kappa shape index (κ1) is 22.1. The van der Waals surface area contributed by atoms with E-state index in [-0.39, 0.29) is 23.4 Å². The number of rotatable bonds is 8. The highest BCUT2D eigenvalue weighted by molar-refractivity contribution is 6.74. The van der Waals surface area contributed by atoms with Gasteiger partial charge in [-0.3, -0.25) is 0 Å². The van der Waals surface area contributed by atoms with Gasteiger partial charge in [0.25, 0.3) is 0 Å². The van der Waals surface area contributed by atoms with Gasteiger partial charge in [-0.2, -0.15) is 0 Å². The summed E-state index contributed by atoms with van der Waals surface area (Å²) in [6, 6.07) is 7.84. The Kier molecular flexibility index (Phi) is 7.27. The molecule has 1 heterocycles. The fourth-order valence-corrected chi connectivity index (χ4v) is 4.05. The van der Waals surface area contributed by atoms with Crippen LogP contribution in [0.1, 0.15) is 26.3 Å². The second-order valence-electron chi connectivity index (χ2n) is 8.41. The zero-order valence-electron chi connectivity index (χ0n) is 17.7. The molecule has 1 aromatic carbocycles. The molecule has 1 fully saturated rings. The van der Waals surface area contributed by atoms with Crippen LogP contribution in [0.3, 0.4) is 0 Å². The van der Waals surface area contributed by atoms with Gasteiger partial charge in [0.15, 0.2) is 14.6 Å². The van der Waals surface area contributed by atoms with Gasteiger partial charge >= 0.3 is 0 Å². The Morgan fingerprint density at radius 3 is 2.22 bits per heavy atom. The Bertz CT molecular complexity index is 608. The highest BCUT2D eigenvalue weighted by Gasteiger charge is 2.50. The van der Waals surface area contributed by atoms with E-state index in [4.69, 9.17) is 23.4 Å². The topological polar surface area (TPSA) is 46.2 Å². The lowest BCUT2D eigenvalue weighted by atomic mass is 10.1. The van der Waals surface area contributed by atoms with E-state index in [1.165, 1.54) is 0 Å². The summed E-state index contributed by atoms with van der Waals surface area (Å²) in [4.78, 5) is 0. The van der Waals surface area contributed by atoms with Crippen molar-refractivity contribution in [2.75, 3.05) is 14.2 Å². The Balaban J connectivity index is 2.16. The molecule has 0 saturated carbocycles. The lowest BCUT2D eigenvalue weighted by Crippen LogP contribution is -2.50. The molecule has 152 valence electrons. The molecule has 1 aliphatic rings. The van der Waals surface area contributed by atoms with Crippen molar-refractivity contribution in [2.24, 2.45) is 0 Å². The Hall–Kier alpha value is -1.18. The monoisotopic (exact) mass is 394 g/mol. The molecule has 2 rings (SSSR count). The molecule has 27 heavy (non-hydrogen) atoms. The van der Waals surface area contributed by atoms with Crippen molar-refractivity contribution in [3.63, 3.8) is 0 Å². The van der Waals surface area contributed by atoms with Crippen molar-refractivity contribution in [3.05, 3.63) is 42.5 Å². The van der Waals surface area contributed by atoms with Crippen molar-refractivity contribution in [1.82, 2.24) is 0 Å². The minimum atomic E-state index is -2.02. The van der Waals surface area contributed by atoms with Gasteiger partial charge in [0.05, 0.1) is 13.7 Å². The second kappa shape index (κ2) is 8.88.